The third-order valence-corrected chi connectivity index (χ3v) is 4.61. The average Bonchev–Trinajstić information content (AvgIpc) is 2.72. The second-order valence-corrected chi connectivity index (χ2v) is 6.87. The number of carbonyl (C=O) groups excluding carboxylic acids is 2. The number of nitrogens with one attached hydrogen (secondary N) is 1. The molecule has 0 fully saturated rings. The molecule has 2 amide bonds. The van der Waals surface area contributed by atoms with Crippen molar-refractivity contribution < 1.29 is 14.3 Å². The number of aromatic nitrogens is 1. The van der Waals surface area contributed by atoms with Crippen molar-refractivity contribution in [1.29, 1.82) is 0 Å². The van der Waals surface area contributed by atoms with Gasteiger partial charge in [-0.1, -0.05) is 48.9 Å². The van der Waals surface area contributed by atoms with Gasteiger partial charge in [-0.05, 0) is 30.7 Å². The van der Waals surface area contributed by atoms with Crippen LogP contribution in [0.1, 0.15) is 23.7 Å². The van der Waals surface area contributed by atoms with E-state index in [0.717, 1.165) is 0 Å². The molecule has 1 N–H and O–H groups in total. The minimum absolute atomic E-state index is 0.0843. The first-order valence-electron chi connectivity index (χ1n) is 9.31. The quantitative estimate of drug-likeness (QED) is 0.585. The second kappa shape index (κ2) is 9.39. The first kappa shape index (κ1) is 20.6. The van der Waals surface area contributed by atoms with Crippen LogP contribution >= 0.6 is 11.6 Å². The Hall–Kier alpha value is -3.12. The Morgan fingerprint density at radius 1 is 1.14 bits per heavy atom. The summed E-state index contributed by atoms with van der Waals surface area (Å²) >= 11 is 6.12. The van der Waals surface area contributed by atoms with Crippen LogP contribution in [-0.4, -0.2) is 41.9 Å². The lowest BCUT2D eigenvalue weighted by molar-refractivity contribution is -0.116. The zero-order valence-electron chi connectivity index (χ0n) is 16.3. The van der Waals surface area contributed by atoms with Crippen LogP contribution in [-0.2, 0) is 4.79 Å². The number of anilines is 1. The van der Waals surface area contributed by atoms with Gasteiger partial charge in [0, 0.05) is 11.9 Å². The summed E-state index contributed by atoms with van der Waals surface area (Å²) in [6.45, 7) is 2.31. The van der Waals surface area contributed by atoms with Gasteiger partial charge in [0.1, 0.15) is 17.4 Å². The lowest BCUT2D eigenvalue weighted by Gasteiger charge is -2.22. The number of benzene rings is 2. The van der Waals surface area contributed by atoms with E-state index in [1.807, 2.05) is 31.2 Å². The molecule has 0 aliphatic rings. The number of pyridine rings is 1. The van der Waals surface area contributed by atoms with Crippen molar-refractivity contribution in [2.45, 2.75) is 13.3 Å². The van der Waals surface area contributed by atoms with Crippen molar-refractivity contribution in [3.05, 3.63) is 65.3 Å². The number of amides is 2. The molecule has 0 aliphatic carbocycles. The Bertz CT molecular complexity index is 1040. The highest BCUT2D eigenvalue weighted by Crippen LogP contribution is 2.24. The van der Waals surface area contributed by atoms with Crippen molar-refractivity contribution in [2.24, 2.45) is 0 Å². The summed E-state index contributed by atoms with van der Waals surface area (Å²) in [7, 11) is 1.54. The molecule has 0 atom stereocenters. The van der Waals surface area contributed by atoms with E-state index in [9.17, 15) is 9.59 Å². The third kappa shape index (κ3) is 4.84. The second-order valence-electron chi connectivity index (χ2n) is 6.48. The maximum absolute atomic E-state index is 13.2. The molecule has 3 aromatic rings. The van der Waals surface area contributed by atoms with Crippen LogP contribution in [0.3, 0.4) is 0 Å². The molecule has 29 heavy (non-hydrogen) atoms. The van der Waals surface area contributed by atoms with E-state index in [-0.39, 0.29) is 23.5 Å². The van der Waals surface area contributed by atoms with Crippen molar-refractivity contribution in [1.82, 2.24) is 9.88 Å². The Labute approximate surface area is 174 Å². The minimum atomic E-state index is -0.305. The molecule has 150 valence electrons. The van der Waals surface area contributed by atoms with Gasteiger partial charge in [0.25, 0.3) is 5.91 Å². The molecule has 0 saturated heterocycles. The number of rotatable bonds is 7. The molecule has 0 saturated carbocycles. The van der Waals surface area contributed by atoms with E-state index >= 15 is 0 Å². The first-order chi connectivity index (χ1) is 14.0. The number of methoxy groups -OCH3 is 1. The van der Waals surface area contributed by atoms with Gasteiger partial charge in [0.2, 0.25) is 5.91 Å². The molecule has 1 aromatic heterocycles. The number of fused-ring (bicyclic) bond motifs is 1. The largest absolute Gasteiger partial charge is 0.495 e. The van der Waals surface area contributed by atoms with E-state index < -0.39 is 0 Å². The topological polar surface area (TPSA) is 71.5 Å². The van der Waals surface area contributed by atoms with Gasteiger partial charge in [-0.3, -0.25) is 9.59 Å². The van der Waals surface area contributed by atoms with E-state index in [1.165, 1.54) is 12.0 Å². The lowest BCUT2D eigenvalue weighted by Crippen LogP contribution is -2.38. The van der Waals surface area contributed by atoms with Crippen molar-refractivity contribution >= 4 is 40.0 Å². The molecule has 0 spiro atoms. The highest BCUT2D eigenvalue weighted by molar-refractivity contribution is 6.30. The van der Waals surface area contributed by atoms with Crippen LogP contribution in [0.15, 0.2) is 54.6 Å². The summed E-state index contributed by atoms with van der Waals surface area (Å²) in [6, 6.07) is 16.0. The Balaban J connectivity index is 1.84. The average molecular weight is 412 g/mol. The first-order valence-corrected chi connectivity index (χ1v) is 9.68. The van der Waals surface area contributed by atoms with Gasteiger partial charge < -0.3 is 15.0 Å². The molecule has 0 bridgehead atoms. The maximum Gasteiger partial charge on any atom is 0.255 e. The number of hydrogen-bond acceptors (Lipinski definition) is 4. The van der Waals surface area contributed by atoms with E-state index in [2.05, 4.69) is 10.3 Å². The van der Waals surface area contributed by atoms with Crippen LogP contribution in [0.2, 0.25) is 5.15 Å². The molecule has 1 heterocycles. The van der Waals surface area contributed by atoms with Gasteiger partial charge in [0.15, 0.2) is 0 Å². The molecule has 2 aromatic carbocycles. The predicted octanol–water partition coefficient (Wildman–Crippen LogP) is 4.39. The molecule has 0 unspecified atom stereocenters. The predicted molar refractivity (Wildman–Crippen MR) is 115 cm³/mol. The van der Waals surface area contributed by atoms with Gasteiger partial charge in [0.05, 0.1) is 23.9 Å². The molecular formula is C22H22ClN3O3. The fraction of sp³-hybridized carbons (Fsp3) is 0.227. The lowest BCUT2D eigenvalue weighted by atomic mass is 10.1. The van der Waals surface area contributed by atoms with Crippen LogP contribution in [0.5, 0.6) is 5.75 Å². The standard InChI is InChI=1S/C22H22ClN3O3/c1-3-12-26(14-21(27)25-18-10-6-7-11-19(18)29-2)22(28)16-13-20(23)24-17-9-5-4-8-15(16)17/h4-11,13H,3,12,14H2,1-2H3,(H,25,27). The number of halogens is 1. The monoisotopic (exact) mass is 411 g/mol. The van der Waals surface area contributed by atoms with E-state index in [1.54, 1.807) is 30.3 Å². The van der Waals surface area contributed by atoms with E-state index in [0.29, 0.717) is 40.9 Å². The van der Waals surface area contributed by atoms with Crippen LogP contribution < -0.4 is 10.1 Å². The number of hydrogen-bond donors (Lipinski definition) is 1. The number of ether oxygens (including phenoxy) is 1. The summed E-state index contributed by atoms with van der Waals surface area (Å²) in [5.74, 6) is -0.00980. The summed E-state index contributed by atoms with van der Waals surface area (Å²) in [5.41, 5.74) is 1.62. The van der Waals surface area contributed by atoms with Gasteiger partial charge in [-0.2, -0.15) is 0 Å². The molecule has 7 heteroatoms. The SMILES string of the molecule is CCCN(CC(=O)Nc1ccccc1OC)C(=O)c1cc(Cl)nc2ccccc12. The summed E-state index contributed by atoms with van der Waals surface area (Å²) in [6.07, 6.45) is 0.713. The molecule has 3 rings (SSSR count). The van der Waals surface area contributed by atoms with Crippen LogP contribution in [0.25, 0.3) is 10.9 Å². The smallest absolute Gasteiger partial charge is 0.255 e. The fourth-order valence-electron chi connectivity index (χ4n) is 3.12. The molecular weight excluding hydrogens is 390 g/mol. The molecule has 6 nitrogen and oxygen atoms in total. The molecule has 0 aliphatic heterocycles. The highest BCUT2D eigenvalue weighted by Gasteiger charge is 2.21. The minimum Gasteiger partial charge on any atom is -0.495 e. The third-order valence-electron chi connectivity index (χ3n) is 4.41. The van der Waals surface area contributed by atoms with Crippen molar-refractivity contribution in [3.63, 3.8) is 0 Å². The number of para-hydroxylation sites is 3. The van der Waals surface area contributed by atoms with Gasteiger partial charge >= 0.3 is 0 Å². The van der Waals surface area contributed by atoms with Crippen molar-refractivity contribution in [3.8, 4) is 5.75 Å². The molecule has 0 radical (unpaired) electrons. The van der Waals surface area contributed by atoms with Crippen molar-refractivity contribution in [2.75, 3.05) is 25.5 Å². The Morgan fingerprint density at radius 2 is 1.86 bits per heavy atom. The summed E-state index contributed by atoms with van der Waals surface area (Å²) in [4.78, 5) is 31.7. The highest BCUT2D eigenvalue weighted by atomic mass is 35.5. The number of nitrogens with zero attached hydrogens (tertiary/aromatic N) is 2. The van der Waals surface area contributed by atoms with E-state index in [4.69, 9.17) is 16.3 Å². The Kier molecular flexibility index (Phi) is 6.67. The normalized spacial score (nSPS) is 10.6. The Morgan fingerprint density at radius 3 is 2.62 bits per heavy atom. The zero-order chi connectivity index (χ0) is 20.8. The summed E-state index contributed by atoms with van der Waals surface area (Å²) in [5, 5.41) is 3.75. The fourth-order valence-corrected chi connectivity index (χ4v) is 3.32. The number of carbonyl (C=O) groups is 2. The summed E-state index contributed by atoms with van der Waals surface area (Å²) < 4.78 is 5.26. The van der Waals surface area contributed by atoms with Crippen LogP contribution in [0.4, 0.5) is 5.69 Å². The van der Waals surface area contributed by atoms with Crippen LogP contribution in [0, 0.1) is 0 Å². The van der Waals surface area contributed by atoms with Gasteiger partial charge in [-0.25, -0.2) is 4.98 Å². The van der Waals surface area contributed by atoms with Gasteiger partial charge in [-0.15, -0.1) is 0 Å². The zero-order valence-corrected chi connectivity index (χ0v) is 17.1. The maximum atomic E-state index is 13.2.